The van der Waals surface area contributed by atoms with Crippen LogP contribution in [0, 0.1) is 13.8 Å². The molecule has 150 valence electrons. The minimum absolute atomic E-state index is 0.100. The number of benzene rings is 1. The van der Waals surface area contributed by atoms with E-state index in [0.717, 1.165) is 43.0 Å². The van der Waals surface area contributed by atoms with Crippen LogP contribution < -0.4 is 10.2 Å². The van der Waals surface area contributed by atoms with Crippen LogP contribution in [-0.4, -0.2) is 35.5 Å². The Morgan fingerprint density at radius 2 is 2.11 bits per heavy atom. The van der Waals surface area contributed by atoms with E-state index in [1.807, 2.05) is 13.8 Å². The summed E-state index contributed by atoms with van der Waals surface area (Å²) in [6.07, 6.45) is 4.33. The fourth-order valence-corrected chi connectivity index (χ4v) is 3.41. The van der Waals surface area contributed by atoms with Crippen molar-refractivity contribution in [3.05, 3.63) is 52.8 Å². The van der Waals surface area contributed by atoms with E-state index in [9.17, 15) is 4.79 Å². The highest BCUT2D eigenvalue weighted by atomic mass is 16.5. The number of nitrogens with zero attached hydrogens (tertiary/aromatic N) is 2. The number of carbonyl (C=O) groups is 1. The summed E-state index contributed by atoms with van der Waals surface area (Å²) >= 11 is 0. The van der Waals surface area contributed by atoms with E-state index in [1.54, 1.807) is 30.5 Å². The quantitative estimate of drug-likeness (QED) is 0.584. The van der Waals surface area contributed by atoms with Crippen molar-refractivity contribution in [2.24, 2.45) is 5.10 Å². The molecule has 2 heterocycles. The molecular formula is C22H29N3O3. The number of aryl methyl sites for hydroxylation is 1. The van der Waals surface area contributed by atoms with Gasteiger partial charge in [-0.05, 0) is 70.9 Å². The second-order valence-corrected chi connectivity index (χ2v) is 7.46. The number of nitrogens with one attached hydrogen (secondary N) is 1. The second kappa shape index (κ2) is 9.06. The lowest BCUT2D eigenvalue weighted by atomic mass is 10.2. The number of carbonyl (C=O) groups excluding carboxylic acids is 1. The van der Waals surface area contributed by atoms with Crippen LogP contribution in [0.25, 0.3) is 0 Å². The number of hydrogen-bond donors (Lipinski definition) is 1. The van der Waals surface area contributed by atoms with Crippen molar-refractivity contribution in [2.45, 2.75) is 59.3 Å². The maximum atomic E-state index is 12.3. The lowest BCUT2D eigenvalue weighted by Gasteiger charge is -2.14. The van der Waals surface area contributed by atoms with Crippen LogP contribution in [0.3, 0.4) is 0 Å². The van der Waals surface area contributed by atoms with E-state index in [4.69, 9.17) is 9.47 Å². The molecule has 2 aromatic rings. The Bertz CT molecular complexity index is 831. The number of amides is 1. The van der Waals surface area contributed by atoms with Gasteiger partial charge in [0.05, 0.1) is 18.4 Å². The molecule has 1 aliphatic rings. The SMILES string of the molecule is Cc1cc(/C=N\NC(=O)c2ccc(OC(C)C)cc2)c(C)n1C[C@H]1CCCO1. The van der Waals surface area contributed by atoms with Crippen LogP contribution in [-0.2, 0) is 11.3 Å². The summed E-state index contributed by atoms with van der Waals surface area (Å²) in [6.45, 7) is 9.80. The summed E-state index contributed by atoms with van der Waals surface area (Å²) < 4.78 is 13.6. The second-order valence-electron chi connectivity index (χ2n) is 7.46. The third kappa shape index (κ3) is 5.01. The normalized spacial score (nSPS) is 16.8. The monoisotopic (exact) mass is 383 g/mol. The minimum atomic E-state index is -0.250. The first-order valence-corrected chi connectivity index (χ1v) is 9.82. The maximum absolute atomic E-state index is 12.3. The van der Waals surface area contributed by atoms with Crippen molar-refractivity contribution in [3.8, 4) is 5.75 Å². The molecule has 1 fully saturated rings. The average Bonchev–Trinajstić information content (AvgIpc) is 3.26. The summed E-state index contributed by atoms with van der Waals surface area (Å²) in [6, 6.07) is 9.12. The Labute approximate surface area is 166 Å². The molecule has 1 aliphatic heterocycles. The van der Waals surface area contributed by atoms with Crippen molar-refractivity contribution in [3.63, 3.8) is 0 Å². The third-order valence-corrected chi connectivity index (χ3v) is 4.88. The van der Waals surface area contributed by atoms with E-state index in [0.29, 0.717) is 5.56 Å². The van der Waals surface area contributed by atoms with Gasteiger partial charge in [-0.15, -0.1) is 0 Å². The lowest BCUT2D eigenvalue weighted by molar-refractivity contribution is 0.0954. The molecule has 1 saturated heterocycles. The summed E-state index contributed by atoms with van der Waals surface area (Å²) in [7, 11) is 0. The summed E-state index contributed by atoms with van der Waals surface area (Å²) in [5.74, 6) is 0.495. The highest BCUT2D eigenvalue weighted by molar-refractivity contribution is 5.95. The maximum Gasteiger partial charge on any atom is 0.271 e. The van der Waals surface area contributed by atoms with Crippen molar-refractivity contribution in [1.29, 1.82) is 0 Å². The van der Waals surface area contributed by atoms with Crippen molar-refractivity contribution in [1.82, 2.24) is 9.99 Å². The zero-order valence-electron chi connectivity index (χ0n) is 17.1. The average molecular weight is 383 g/mol. The van der Waals surface area contributed by atoms with E-state index in [1.165, 1.54) is 5.69 Å². The smallest absolute Gasteiger partial charge is 0.271 e. The van der Waals surface area contributed by atoms with E-state index >= 15 is 0 Å². The fourth-order valence-electron chi connectivity index (χ4n) is 3.41. The number of aromatic nitrogens is 1. The van der Waals surface area contributed by atoms with Crippen LogP contribution >= 0.6 is 0 Å². The van der Waals surface area contributed by atoms with Crippen LogP contribution in [0.4, 0.5) is 0 Å². The molecule has 0 saturated carbocycles. The fraction of sp³-hybridized carbons (Fsp3) is 0.455. The number of hydrogen-bond acceptors (Lipinski definition) is 4. The van der Waals surface area contributed by atoms with Gasteiger partial charge in [0.1, 0.15) is 5.75 Å². The van der Waals surface area contributed by atoms with Crippen molar-refractivity contribution in [2.75, 3.05) is 6.61 Å². The van der Waals surface area contributed by atoms with Gasteiger partial charge < -0.3 is 14.0 Å². The van der Waals surface area contributed by atoms with Gasteiger partial charge in [0.2, 0.25) is 0 Å². The first kappa shape index (κ1) is 20.1. The first-order valence-electron chi connectivity index (χ1n) is 9.82. The molecular weight excluding hydrogens is 354 g/mol. The van der Waals surface area contributed by atoms with Gasteiger partial charge >= 0.3 is 0 Å². The minimum Gasteiger partial charge on any atom is -0.491 e. The molecule has 0 radical (unpaired) electrons. The van der Waals surface area contributed by atoms with Gasteiger partial charge in [0.25, 0.3) is 5.91 Å². The van der Waals surface area contributed by atoms with Crippen molar-refractivity contribution >= 4 is 12.1 Å². The molecule has 1 aromatic heterocycles. The van der Waals surface area contributed by atoms with Gasteiger partial charge in [0.15, 0.2) is 0 Å². The van der Waals surface area contributed by atoms with Crippen LogP contribution in [0.2, 0.25) is 0 Å². The largest absolute Gasteiger partial charge is 0.491 e. The predicted molar refractivity (Wildman–Crippen MR) is 110 cm³/mol. The van der Waals surface area contributed by atoms with Gasteiger partial charge in [-0.1, -0.05) is 0 Å². The van der Waals surface area contributed by atoms with Gasteiger partial charge in [-0.2, -0.15) is 5.10 Å². The van der Waals surface area contributed by atoms with E-state index in [2.05, 4.69) is 35.0 Å². The number of ether oxygens (including phenoxy) is 2. The zero-order chi connectivity index (χ0) is 20.1. The first-order chi connectivity index (χ1) is 13.4. The Morgan fingerprint density at radius 1 is 1.36 bits per heavy atom. The molecule has 6 heteroatoms. The van der Waals surface area contributed by atoms with Gasteiger partial charge in [-0.25, -0.2) is 5.43 Å². The molecule has 0 spiro atoms. The molecule has 0 bridgehead atoms. The Hall–Kier alpha value is -2.60. The molecule has 3 rings (SSSR count). The Balaban J connectivity index is 1.60. The number of rotatable bonds is 7. The molecule has 28 heavy (non-hydrogen) atoms. The van der Waals surface area contributed by atoms with Crippen LogP contribution in [0.1, 0.15) is 54.0 Å². The summed E-state index contributed by atoms with van der Waals surface area (Å²) in [5, 5.41) is 4.14. The Morgan fingerprint density at radius 3 is 2.75 bits per heavy atom. The summed E-state index contributed by atoms with van der Waals surface area (Å²) in [5.41, 5.74) is 6.42. The third-order valence-electron chi connectivity index (χ3n) is 4.88. The predicted octanol–water partition coefficient (Wildman–Crippen LogP) is 3.84. The van der Waals surface area contributed by atoms with Crippen molar-refractivity contribution < 1.29 is 14.3 Å². The van der Waals surface area contributed by atoms with E-state index in [-0.39, 0.29) is 18.1 Å². The van der Waals surface area contributed by atoms with Crippen LogP contribution in [0.5, 0.6) is 5.75 Å². The molecule has 6 nitrogen and oxygen atoms in total. The van der Waals surface area contributed by atoms with Gasteiger partial charge in [0, 0.05) is 35.7 Å². The van der Waals surface area contributed by atoms with Crippen LogP contribution in [0.15, 0.2) is 35.4 Å². The topological polar surface area (TPSA) is 64.8 Å². The highest BCUT2D eigenvalue weighted by Gasteiger charge is 2.18. The van der Waals surface area contributed by atoms with Gasteiger partial charge in [-0.3, -0.25) is 4.79 Å². The molecule has 0 unspecified atom stereocenters. The number of hydrazone groups is 1. The zero-order valence-corrected chi connectivity index (χ0v) is 17.1. The standard InChI is InChI=1S/C22H29N3O3/c1-15(2)28-20-9-7-18(8-10-20)22(26)24-23-13-19-12-16(3)25(17(19)4)14-21-6-5-11-27-21/h7-10,12-13,15,21H,5-6,11,14H2,1-4H3,(H,24,26)/b23-13-/t21-/m1/s1. The molecule has 1 N–H and O–H groups in total. The summed E-state index contributed by atoms with van der Waals surface area (Å²) in [4.78, 5) is 12.3. The molecule has 1 atom stereocenters. The molecule has 1 amide bonds. The molecule has 1 aromatic carbocycles. The molecule has 0 aliphatic carbocycles. The lowest BCUT2D eigenvalue weighted by Crippen LogP contribution is -2.18. The highest BCUT2D eigenvalue weighted by Crippen LogP contribution is 2.19. The Kier molecular flexibility index (Phi) is 6.52. The van der Waals surface area contributed by atoms with E-state index < -0.39 is 0 Å².